The molecule has 0 bridgehead atoms. The van der Waals surface area contributed by atoms with Crippen molar-refractivity contribution in [2.45, 2.75) is 5.16 Å². The number of benzene rings is 2. The van der Waals surface area contributed by atoms with Crippen molar-refractivity contribution in [1.82, 2.24) is 24.7 Å². The largest absolute Gasteiger partial charge is 0.495 e. The molecule has 0 aliphatic rings. The average molecular weight is 453 g/mol. The number of methoxy groups -OCH3 is 1. The van der Waals surface area contributed by atoms with Crippen molar-refractivity contribution in [3.63, 3.8) is 0 Å². The number of thioether (sulfide) groups is 1. The molecule has 0 radical (unpaired) electrons. The minimum Gasteiger partial charge on any atom is -0.495 e. The summed E-state index contributed by atoms with van der Waals surface area (Å²) in [7, 11) is 1.54. The van der Waals surface area contributed by atoms with E-state index < -0.39 is 0 Å². The molecule has 1 amide bonds. The van der Waals surface area contributed by atoms with Crippen molar-refractivity contribution in [2.24, 2.45) is 0 Å². The fourth-order valence-electron chi connectivity index (χ4n) is 2.83. The van der Waals surface area contributed by atoms with Crippen molar-refractivity contribution >= 4 is 35.0 Å². The molecule has 10 heteroatoms. The summed E-state index contributed by atoms with van der Waals surface area (Å²) in [6.45, 7) is 0. The molecular weight excluding hydrogens is 436 g/mol. The van der Waals surface area contributed by atoms with Crippen LogP contribution >= 0.6 is 23.4 Å². The zero-order valence-corrected chi connectivity index (χ0v) is 18.0. The topological polar surface area (TPSA) is 94.8 Å². The van der Waals surface area contributed by atoms with Gasteiger partial charge in [-0.05, 0) is 30.3 Å². The molecular formula is C21H17ClN6O2S. The Morgan fingerprint density at radius 1 is 1.16 bits per heavy atom. The fraction of sp³-hybridized carbons (Fsp3) is 0.0952. The zero-order chi connectivity index (χ0) is 21.6. The van der Waals surface area contributed by atoms with Crippen LogP contribution in [0.15, 0.2) is 72.3 Å². The van der Waals surface area contributed by atoms with E-state index in [1.165, 1.54) is 18.9 Å². The molecule has 0 atom stereocenters. The predicted octanol–water partition coefficient (Wildman–Crippen LogP) is 4.12. The van der Waals surface area contributed by atoms with Gasteiger partial charge in [0, 0.05) is 23.8 Å². The van der Waals surface area contributed by atoms with E-state index in [1.807, 2.05) is 34.9 Å². The van der Waals surface area contributed by atoms with Crippen LogP contribution < -0.4 is 10.1 Å². The second kappa shape index (κ2) is 9.59. The molecule has 0 spiro atoms. The van der Waals surface area contributed by atoms with Crippen molar-refractivity contribution in [1.29, 1.82) is 0 Å². The maximum Gasteiger partial charge on any atom is 0.234 e. The Morgan fingerprint density at radius 3 is 2.71 bits per heavy atom. The van der Waals surface area contributed by atoms with E-state index in [0.29, 0.717) is 33.1 Å². The number of nitrogens with one attached hydrogen (secondary N) is 1. The maximum atomic E-state index is 12.5. The molecule has 8 nitrogen and oxygen atoms in total. The number of halogens is 1. The Kier molecular flexibility index (Phi) is 6.44. The number of ether oxygens (including phenoxy) is 1. The minimum absolute atomic E-state index is 0.134. The van der Waals surface area contributed by atoms with Gasteiger partial charge >= 0.3 is 0 Å². The molecule has 0 unspecified atom stereocenters. The second-order valence-corrected chi connectivity index (χ2v) is 7.60. The second-order valence-electron chi connectivity index (χ2n) is 6.25. The van der Waals surface area contributed by atoms with E-state index in [1.54, 1.807) is 36.8 Å². The van der Waals surface area contributed by atoms with Crippen molar-refractivity contribution in [2.75, 3.05) is 18.2 Å². The summed E-state index contributed by atoms with van der Waals surface area (Å²) in [5, 5.41) is 12.4. The van der Waals surface area contributed by atoms with Crippen LogP contribution in [0.1, 0.15) is 0 Å². The van der Waals surface area contributed by atoms with Gasteiger partial charge in [-0.3, -0.25) is 14.3 Å². The molecule has 0 aliphatic carbocycles. The smallest absolute Gasteiger partial charge is 0.234 e. The van der Waals surface area contributed by atoms with Gasteiger partial charge in [-0.2, -0.15) is 0 Å². The molecule has 4 aromatic rings. The Balaban J connectivity index is 1.54. The third-order valence-electron chi connectivity index (χ3n) is 4.21. The van der Waals surface area contributed by atoms with Gasteiger partial charge in [0.25, 0.3) is 0 Å². The number of carbonyl (C=O) groups is 1. The van der Waals surface area contributed by atoms with Crippen LogP contribution in [0, 0.1) is 0 Å². The molecule has 156 valence electrons. The summed E-state index contributed by atoms with van der Waals surface area (Å²) < 4.78 is 6.98. The minimum atomic E-state index is -0.199. The third-order valence-corrected chi connectivity index (χ3v) is 5.43. The van der Waals surface area contributed by atoms with E-state index in [4.69, 9.17) is 16.3 Å². The monoisotopic (exact) mass is 452 g/mol. The van der Waals surface area contributed by atoms with Crippen LogP contribution in [0.4, 0.5) is 5.69 Å². The van der Waals surface area contributed by atoms with Gasteiger partial charge in [-0.15, -0.1) is 10.2 Å². The van der Waals surface area contributed by atoms with E-state index in [2.05, 4.69) is 25.5 Å². The molecule has 0 aliphatic heterocycles. The van der Waals surface area contributed by atoms with Gasteiger partial charge in [-0.25, -0.2) is 4.98 Å². The van der Waals surface area contributed by atoms with Crippen molar-refractivity contribution in [3.05, 3.63) is 72.1 Å². The molecule has 2 heterocycles. The van der Waals surface area contributed by atoms with Gasteiger partial charge in [0.05, 0.1) is 24.1 Å². The van der Waals surface area contributed by atoms with Gasteiger partial charge in [0.15, 0.2) is 11.0 Å². The highest BCUT2D eigenvalue weighted by atomic mass is 35.5. The number of para-hydroxylation sites is 1. The van der Waals surface area contributed by atoms with Gasteiger partial charge < -0.3 is 10.1 Å². The highest BCUT2D eigenvalue weighted by Crippen LogP contribution is 2.29. The van der Waals surface area contributed by atoms with Crippen molar-refractivity contribution < 1.29 is 9.53 Å². The lowest BCUT2D eigenvalue weighted by molar-refractivity contribution is -0.113. The molecule has 0 fully saturated rings. The summed E-state index contributed by atoms with van der Waals surface area (Å²) in [5.74, 6) is 1.02. The van der Waals surface area contributed by atoms with Crippen LogP contribution in [-0.4, -0.2) is 43.5 Å². The van der Waals surface area contributed by atoms with Crippen LogP contribution in [0.5, 0.6) is 5.75 Å². The summed E-state index contributed by atoms with van der Waals surface area (Å²) in [5.41, 5.74) is 2.03. The van der Waals surface area contributed by atoms with E-state index >= 15 is 0 Å². The lowest BCUT2D eigenvalue weighted by Gasteiger charge is -2.10. The standard InChI is InChI=1S/C21H17ClN6O2S/c1-30-18-8-7-14(11-16(18)22)25-19(29)13-31-21-27-26-20(17-12-23-9-10-24-17)28(21)15-5-3-2-4-6-15/h2-12H,13H2,1H3,(H,25,29). The maximum absolute atomic E-state index is 12.5. The molecule has 1 N–H and O–H groups in total. The quantitative estimate of drug-likeness (QED) is 0.421. The number of carbonyl (C=O) groups excluding carboxylic acids is 1. The highest BCUT2D eigenvalue weighted by molar-refractivity contribution is 7.99. The number of aromatic nitrogens is 5. The Morgan fingerprint density at radius 2 is 2.00 bits per heavy atom. The Bertz CT molecular complexity index is 1190. The molecule has 31 heavy (non-hydrogen) atoms. The number of hydrogen-bond donors (Lipinski definition) is 1. The van der Waals surface area contributed by atoms with Crippen LogP contribution in [0.25, 0.3) is 17.2 Å². The molecule has 0 saturated heterocycles. The molecule has 2 aromatic heterocycles. The van der Waals surface area contributed by atoms with Gasteiger partial charge in [0.1, 0.15) is 11.4 Å². The summed E-state index contributed by atoms with van der Waals surface area (Å²) in [4.78, 5) is 20.9. The molecule has 4 rings (SSSR count). The van der Waals surface area contributed by atoms with Crippen LogP contribution in [0.2, 0.25) is 5.02 Å². The SMILES string of the molecule is COc1ccc(NC(=O)CSc2nnc(-c3cnccn3)n2-c2ccccc2)cc1Cl. The fourth-order valence-corrected chi connectivity index (χ4v) is 3.83. The number of nitrogens with zero attached hydrogens (tertiary/aromatic N) is 5. The Hall–Kier alpha value is -3.43. The van der Waals surface area contributed by atoms with Crippen LogP contribution in [-0.2, 0) is 4.79 Å². The normalized spacial score (nSPS) is 10.6. The van der Waals surface area contributed by atoms with Crippen molar-refractivity contribution in [3.8, 4) is 23.0 Å². The number of amides is 1. The van der Waals surface area contributed by atoms with Gasteiger partial charge in [0.2, 0.25) is 5.91 Å². The number of hydrogen-bond acceptors (Lipinski definition) is 7. The van der Waals surface area contributed by atoms with E-state index in [9.17, 15) is 4.79 Å². The zero-order valence-electron chi connectivity index (χ0n) is 16.4. The Labute approximate surface area is 187 Å². The number of anilines is 1. The first kappa shape index (κ1) is 20.8. The van der Waals surface area contributed by atoms with E-state index in [-0.39, 0.29) is 11.7 Å². The van der Waals surface area contributed by atoms with Gasteiger partial charge in [-0.1, -0.05) is 41.6 Å². The molecule has 0 saturated carbocycles. The number of rotatable bonds is 7. The lowest BCUT2D eigenvalue weighted by Crippen LogP contribution is -2.14. The van der Waals surface area contributed by atoms with E-state index in [0.717, 1.165) is 5.69 Å². The first-order valence-corrected chi connectivity index (χ1v) is 10.6. The lowest BCUT2D eigenvalue weighted by atomic mass is 10.3. The molecule has 2 aromatic carbocycles. The van der Waals surface area contributed by atoms with Crippen LogP contribution in [0.3, 0.4) is 0 Å². The average Bonchev–Trinajstić information content (AvgIpc) is 3.23. The third kappa shape index (κ3) is 4.84. The predicted molar refractivity (Wildman–Crippen MR) is 120 cm³/mol. The first-order chi connectivity index (χ1) is 15.2. The summed E-state index contributed by atoms with van der Waals surface area (Å²) in [6.07, 6.45) is 4.82. The summed E-state index contributed by atoms with van der Waals surface area (Å²) in [6, 6.07) is 14.7. The summed E-state index contributed by atoms with van der Waals surface area (Å²) >= 11 is 7.39. The highest BCUT2D eigenvalue weighted by Gasteiger charge is 2.18. The first-order valence-electron chi connectivity index (χ1n) is 9.19.